The Morgan fingerprint density at radius 2 is 1.57 bits per heavy atom. The summed E-state index contributed by atoms with van der Waals surface area (Å²) in [4.78, 5) is 22.7. The van der Waals surface area contributed by atoms with E-state index in [-0.39, 0.29) is 12.8 Å². The van der Waals surface area contributed by atoms with E-state index in [4.69, 9.17) is 14.6 Å². The molecule has 0 fully saturated rings. The summed E-state index contributed by atoms with van der Waals surface area (Å²) >= 11 is 0. The molecule has 21 heavy (non-hydrogen) atoms. The summed E-state index contributed by atoms with van der Waals surface area (Å²) < 4.78 is 10.3. The molecule has 0 saturated carbocycles. The molecular formula is C14H27NO6. The van der Waals surface area contributed by atoms with Gasteiger partial charge in [0.25, 0.3) is 0 Å². The normalized spacial score (nSPS) is 15.2. The molecule has 124 valence electrons. The van der Waals surface area contributed by atoms with Gasteiger partial charge in [0.05, 0.1) is 5.60 Å². The number of aliphatic hydroxyl groups excluding tert-OH is 1. The molecule has 3 N–H and O–H groups in total. The van der Waals surface area contributed by atoms with Crippen molar-refractivity contribution in [1.29, 1.82) is 0 Å². The van der Waals surface area contributed by atoms with Gasteiger partial charge in [-0.05, 0) is 48.0 Å². The van der Waals surface area contributed by atoms with E-state index in [0.717, 1.165) is 0 Å². The second-order valence-electron chi connectivity index (χ2n) is 6.80. The third-order valence-electron chi connectivity index (χ3n) is 2.18. The van der Waals surface area contributed by atoms with Crippen LogP contribution in [-0.4, -0.2) is 45.8 Å². The predicted octanol–water partition coefficient (Wildman–Crippen LogP) is 1.88. The van der Waals surface area contributed by atoms with Crippen LogP contribution in [0.4, 0.5) is 4.79 Å². The van der Waals surface area contributed by atoms with Crippen LogP contribution >= 0.6 is 0 Å². The van der Waals surface area contributed by atoms with E-state index in [1.54, 1.807) is 41.5 Å². The summed E-state index contributed by atoms with van der Waals surface area (Å²) in [5.74, 6) is -1.19. The van der Waals surface area contributed by atoms with Crippen molar-refractivity contribution in [3.8, 4) is 0 Å². The topological polar surface area (TPSA) is 105 Å². The maximum absolute atomic E-state index is 11.6. The standard InChI is InChI=1S/C14H27NO6/c1-13(2,3)20-10(16)8-7-9(11(17)18)15-12(19)21-14(4,5)6/h9-10,16H,7-8H2,1-6H3,(H,15,19)(H,17,18)/t9-,10-/m0/s1. The Morgan fingerprint density at radius 1 is 1.05 bits per heavy atom. The summed E-state index contributed by atoms with van der Waals surface area (Å²) in [7, 11) is 0. The minimum absolute atomic E-state index is 0.0336. The van der Waals surface area contributed by atoms with Crippen molar-refractivity contribution in [2.45, 2.75) is 77.9 Å². The molecule has 0 spiro atoms. The highest BCUT2D eigenvalue weighted by molar-refractivity contribution is 5.79. The zero-order valence-electron chi connectivity index (χ0n) is 13.6. The number of carboxylic acids is 1. The van der Waals surface area contributed by atoms with Gasteiger partial charge in [-0.2, -0.15) is 0 Å². The molecule has 1 amide bonds. The summed E-state index contributed by atoms with van der Waals surface area (Å²) in [6.07, 6.45) is -1.77. The number of rotatable bonds is 6. The SMILES string of the molecule is CC(C)(C)OC(=O)N[C@@H](CC[C@@H](O)OC(C)(C)C)C(=O)O. The van der Waals surface area contributed by atoms with Gasteiger partial charge in [0.2, 0.25) is 0 Å². The van der Waals surface area contributed by atoms with E-state index >= 15 is 0 Å². The Bertz CT molecular complexity index is 355. The molecule has 0 heterocycles. The maximum atomic E-state index is 11.6. The van der Waals surface area contributed by atoms with Crippen LogP contribution in [0, 0.1) is 0 Å². The van der Waals surface area contributed by atoms with E-state index < -0.39 is 35.6 Å². The molecule has 0 unspecified atom stereocenters. The molecular weight excluding hydrogens is 278 g/mol. The molecule has 0 aliphatic rings. The molecule has 0 rings (SSSR count). The van der Waals surface area contributed by atoms with Crippen molar-refractivity contribution in [3.05, 3.63) is 0 Å². The fourth-order valence-corrected chi connectivity index (χ4v) is 1.48. The summed E-state index contributed by atoms with van der Waals surface area (Å²) in [6, 6.07) is -1.14. The van der Waals surface area contributed by atoms with Crippen LogP contribution in [0.15, 0.2) is 0 Å². The molecule has 0 radical (unpaired) electrons. The van der Waals surface area contributed by atoms with Gasteiger partial charge >= 0.3 is 12.1 Å². The number of carbonyl (C=O) groups is 2. The Balaban J connectivity index is 4.39. The van der Waals surface area contributed by atoms with Gasteiger partial charge in [0.15, 0.2) is 6.29 Å². The zero-order chi connectivity index (χ0) is 16.8. The van der Waals surface area contributed by atoms with Crippen LogP contribution < -0.4 is 5.32 Å². The van der Waals surface area contributed by atoms with Gasteiger partial charge in [-0.25, -0.2) is 9.59 Å². The first-order valence-electron chi connectivity index (χ1n) is 6.88. The van der Waals surface area contributed by atoms with E-state index in [2.05, 4.69) is 5.32 Å². The number of nitrogens with one attached hydrogen (secondary N) is 1. The molecule has 0 aromatic carbocycles. The monoisotopic (exact) mass is 305 g/mol. The molecule has 0 aromatic heterocycles. The molecule has 0 saturated heterocycles. The first-order valence-corrected chi connectivity index (χ1v) is 6.88. The quantitative estimate of drug-likeness (QED) is 0.647. The largest absolute Gasteiger partial charge is 0.480 e. The number of alkyl carbamates (subject to hydrolysis) is 1. The van der Waals surface area contributed by atoms with Crippen LogP contribution in [0.1, 0.15) is 54.4 Å². The lowest BCUT2D eigenvalue weighted by molar-refractivity contribution is -0.169. The number of amides is 1. The van der Waals surface area contributed by atoms with Crippen molar-refractivity contribution in [2.75, 3.05) is 0 Å². The number of aliphatic carboxylic acids is 1. The zero-order valence-corrected chi connectivity index (χ0v) is 13.6. The van der Waals surface area contributed by atoms with Crippen molar-refractivity contribution >= 4 is 12.1 Å². The molecule has 0 aliphatic carbocycles. The van der Waals surface area contributed by atoms with Gasteiger partial charge in [0, 0.05) is 6.42 Å². The van der Waals surface area contributed by atoms with E-state index in [0.29, 0.717) is 0 Å². The van der Waals surface area contributed by atoms with Gasteiger partial charge in [-0.15, -0.1) is 0 Å². The predicted molar refractivity (Wildman–Crippen MR) is 76.9 cm³/mol. The Hall–Kier alpha value is -1.34. The fourth-order valence-electron chi connectivity index (χ4n) is 1.48. The van der Waals surface area contributed by atoms with E-state index in [9.17, 15) is 14.7 Å². The third-order valence-corrected chi connectivity index (χ3v) is 2.18. The van der Waals surface area contributed by atoms with Crippen molar-refractivity contribution in [3.63, 3.8) is 0 Å². The van der Waals surface area contributed by atoms with Gasteiger partial charge in [-0.1, -0.05) is 0 Å². The minimum Gasteiger partial charge on any atom is -0.480 e. The maximum Gasteiger partial charge on any atom is 0.408 e. The van der Waals surface area contributed by atoms with E-state index in [1.165, 1.54) is 0 Å². The number of carbonyl (C=O) groups excluding carboxylic acids is 1. The lowest BCUT2D eigenvalue weighted by atomic mass is 10.1. The minimum atomic E-state index is -1.19. The smallest absolute Gasteiger partial charge is 0.408 e. The molecule has 7 nitrogen and oxygen atoms in total. The highest BCUT2D eigenvalue weighted by Gasteiger charge is 2.25. The van der Waals surface area contributed by atoms with E-state index in [1.807, 2.05) is 0 Å². The van der Waals surface area contributed by atoms with Gasteiger partial charge in [-0.3, -0.25) is 0 Å². The number of hydrogen-bond acceptors (Lipinski definition) is 5. The second kappa shape index (κ2) is 7.61. The molecule has 0 aromatic rings. The van der Waals surface area contributed by atoms with Crippen LogP contribution in [0.5, 0.6) is 0 Å². The Labute approximate surface area is 125 Å². The number of aliphatic hydroxyl groups is 1. The summed E-state index contributed by atoms with van der Waals surface area (Å²) in [6.45, 7) is 10.4. The Morgan fingerprint density at radius 3 is 1.95 bits per heavy atom. The van der Waals surface area contributed by atoms with Crippen LogP contribution in [0.3, 0.4) is 0 Å². The van der Waals surface area contributed by atoms with Crippen LogP contribution in [-0.2, 0) is 14.3 Å². The summed E-state index contributed by atoms with van der Waals surface area (Å²) in [5.41, 5.74) is -1.24. The number of carboxylic acid groups (broad SMARTS) is 1. The second-order valence-corrected chi connectivity index (χ2v) is 6.80. The highest BCUT2D eigenvalue weighted by Crippen LogP contribution is 2.14. The lowest BCUT2D eigenvalue weighted by Crippen LogP contribution is -2.44. The van der Waals surface area contributed by atoms with Crippen LogP contribution in [0.2, 0.25) is 0 Å². The highest BCUT2D eigenvalue weighted by atomic mass is 16.6. The molecule has 0 bridgehead atoms. The first kappa shape index (κ1) is 19.7. The van der Waals surface area contributed by atoms with Crippen molar-refractivity contribution in [1.82, 2.24) is 5.32 Å². The van der Waals surface area contributed by atoms with Gasteiger partial charge < -0.3 is 25.0 Å². The average molecular weight is 305 g/mol. The molecule has 7 heteroatoms. The number of hydrogen-bond donors (Lipinski definition) is 3. The molecule has 0 aliphatic heterocycles. The van der Waals surface area contributed by atoms with Gasteiger partial charge in [0.1, 0.15) is 11.6 Å². The fraction of sp³-hybridized carbons (Fsp3) is 0.857. The Kier molecular flexibility index (Phi) is 7.12. The first-order chi connectivity index (χ1) is 9.30. The average Bonchev–Trinajstić information content (AvgIpc) is 2.18. The molecule has 2 atom stereocenters. The van der Waals surface area contributed by atoms with Crippen molar-refractivity contribution < 1.29 is 29.3 Å². The van der Waals surface area contributed by atoms with Crippen LogP contribution in [0.25, 0.3) is 0 Å². The van der Waals surface area contributed by atoms with Crippen molar-refractivity contribution in [2.24, 2.45) is 0 Å². The number of ether oxygens (including phenoxy) is 2. The lowest BCUT2D eigenvalue weighted by Gasteiger charge is -2.25. The summed E-state index contributed by atoms with van der Waals surface area (Å²) in [5, 5.41) is 21.0. The third kappa shape index (κ3) is 11.0.